The van der Waals surface area contributed by atoms with Gasteiger partial charge in [-0.25, -0.2) is 24.2 Å². The van der Waals surface area contributed by atoms with Crippen molar-refractivity contribution in [2.45, 2.75) is 25.4 Å². The highest BCUT2D eigenvalue weighted by molar-refractivity contribution is 5.79. The number of carbonyl (C=O) groups excluding carboxylic acids is 1. The van der Waals surface area contributed by atoms with Crippen LogP contribution in [0.15, 0.2) is 47.8 Å². The molecule has 2 aromatic rings. The Morgan fingerprint density at radius 3 is 2.59 bits per heavy atom. The molecule has 1 saturated heterocycles. The van der Waals surface area contributed by atoms with Crippen LogP contribution < -0.4 is 4.90 Å². The molecule has 0 radical (unpaired) electrons. The van der Waals surface area contributed by atoms with E-state index in [2.05, 4.69) is 15.1 Å². The summed E-state index contributed by atoms with van der Waals surface area (Å²) in [6.07, 6.45) is 4.83. The first-order valence-electron chi connectivity index (χ1n) is 9.03. The van der Waals surface area contributed by atoms with Gasteiger partial charge in [-0.15, -0.1) is 0 Å². The zero-order valence-corrected chi connectivity index (χ0v) is 15.1. The van der Waals surface area contributed by atoms with Gasteiger partial charge in [0.2, 0.25) is 5.95 Å². The highest BCUT2D eigenvalue weighted by atomic mass is 19.1. The van der Waals surface area contributed by atoms with Crippen molar-refractivity contribution in [3.05, 3.63) is 54.1 Å². The SMILES string of the molecule is C[C@@H]1CN(c2ncc(F)cn2)CCN1C(=O)N1N=CCC1c1ccccc1. The molecule has 2 aliphatic rings. The normalized spacial score (nSPS) is 22.4. The lowest BCUT2D eigenvalue weighted by Crippen LogP contribution is -2.57. The number of anilines is 1. The molecule has 0 bridgehead atoms. The summed E-state index contributed by atoms with van der Waals surface area (Å²) in [7, 11) is 0. The van der Waals surface area contributed by atoms with Gasteiger partial charge in [-0.1, -0.05) is 30.3 Å². The molecule has 1 aromatic carbocycles. The monoisotopic (exact) mass is 368 g/mol. The summed E-state index contributed by atoms with van der Waals surface area (Å²) in [6.45, 7) is 3.71. The molecule has 2 aliphatic heterocycles. The quantitative estimate of drug-likeness (QED) is 0.818. The van der Waals surface area contributed by atoms with E-state index in [1.54, 1.807) is 11.2 Å². The largest absolute Gasteiger partial charge is 0.341 e. The van der Waals surface area contributed by atoms with E-state index < -0.39 is 5.82 Å². The second-order valence-corrected chi connectivity index (χ2v) is 6.78. The number of hydrogen-bond acceptors (Lipinski definition) is 5. The molecule has 1 unspecified atom stereocenters. The van der Waals surface area contributed by atoms with E-state index in [0.717, 1.165) is 18.0 Å². The van der Waals surface area contributed by atoms with Crippen molar-refractivity contribution < 1.29 is 9.18 Å². The number of aromatic nitrogens is 2. The van der Waals surface area contributed by atoms with Crippen molar-refractivity contribution >= 4 is 18.2 Å². The summed E-state index contributed by atoms with van der Waals surface area (Å²) in [5.41, 5.74) is 1.08. The number of nitrogens with zero attached hydrogens (tertiary/aromatic N) is 6. The average molecular weight is 368 g/mol. The number of benzene rings is 1. The van der Waals surface area contributed by atoms with E-state index in [1.165, 1.54) is 0 Å². The van der Waals surface area contributed by atoms with Crippen LogP contribution in [0, 0.1) is 5.82 Å². The summed E-state index contributed by atoms with van der Waals surface area (Å²) in [4.78, 5) is 25.0. The smallest absolute Gasteiger partial charge is 0.337 e. The number of hydrazone groups is 1. The van der Waals surface area contributed by atoms with Crippen molar-refractivity contribution in [1.29, 1.82) is 0 Å². The predicted molar refractivity (Wildman–Crippen MR) is 99.9 cm³/mol. The summed E-state index contributed by atoms with van der Waals surface area (Å²) in [5, 5.41) is 5.91. The van der Waals surface area contributed by atoms with Gasteiger partial charge in [-0.2, -0.15) is 5.10 Å². The summed E-state index contributed by atoms with van der Waals surface area (Å²) in [5.74, 6) is 0.0242. The van der Waals surface area contributed by atoms with Gasteiger partial charge in [0.05, 0.1) is 18.4 Å². The molecule has 0 saturated carbocycles. The van der Waals surface area contributed by atoms with E-state index in [1.807, 2.05) is 47.1 Å². The van der Waals surface area contributed by atoms with E-state index in [9.17, 15) is 9.18 Å². The molecule has 140 valence electrons. The average Bonchev–Trinajstić information content (AvgIpc) is 3.18. The number of hydrogen-bond donors (Lipinski definition) is 0. The lowest BCUT2D eigenvalue weighted by molar-refractivity contribution is 0.121. The van der Waals surface area contributed by atoms with Crippen molar-refractivity contribution in [2.24, 2.45) is 5.10 Å². The molecule has 4 rings (SSSR count). The van der Waals surface area contributed by atoms with E-state index in [0.29, 0.717) is 32.0 Å². The van der Waals surface area contributed by atoms with Crippen molar-refractivity contribution in [2.75, 3.05) is 24.5 Å². The molecule has 2 atom stereocenters. The Hall–Kier alpha value is -3.03. The lowest BCUT2D eigenvalue weighted by Gasteiger charge is -2.41. The third kappa shape index (κ3) is 3.47. The van der Waals surface area contributed by atoms with Crippen LogP contribution in [0.25, 0.3) is 0 Å². The first kappa shape index (κ1) is 17.4. The number of urea groups is 1. The van der Waals surface area contributed by atoms with Crippen LogP contribution >= 0.6 is 0 Å². The fraction of sp³-hybridized carbons (Fsp3) is 0.368. The molecule has 1 fully saturated rings. The summed E-state index contributed by atoms with van der Waals surface area (Å²) >= 11 is 0. The van der Waals surface area contributed by atoms with E-state index >= 15 is 0 Å². The van der Waals surface area contributed by atoms with Gasteiger partial charge in [-0.05, 0) is 12.5 Å². The van der Waals surface area contributed by atoms with Crippen LogP contribution in [-0.2, 0) is 0 Å². The molecule has 1 aromatic heterocycles. The first-order valence-corrected chi connectivity index (χ1v) is 9.03. The molecule has 7 nitrogen and oxygen atoms in total. The minimum atomic E-state index is -0.459. The number of piperazine rings is 1. The van der Waals surface area contributed by atoms with Crippen LogP contribution in [0.1, 0.15) is 24.9 Å². The highest BCUT2D eigenvalue weighted by Gasteiger charge is 2.36. The number of halogens is 1. The minimum Gasteiger partial charge on any atom is -0.337 e. The van der Waals surface area contributed by atoms with Gasteiger partial charge >= 0.3 is 6.03 Å². The van der Waals surface area contributed by atoms with Crippen molar-refractivity contribution in [3.8, 4) is 0 Å². The van der Waals surface area contributed by atoms with Crippen LogP contribution in [0.2, 0.25) is 0 Å². The maximum atomic E-state index is 13.1. The van der Waals surface area contributed by atoms with Crippen molar-refractivity contribution in [1.82, 2.24) is 19.9 Å². The van der Waals surface area contributed by atoms with Gasteiger partial charge in [0.1, 0.15) is 0 Å². The van der Waals surface area contributed by atoms with Gasteiger partial charge in [0.15, 0.2) is 5.82 Å². The van der Waals surface area contributed by atoms with Gasteiger partial charge < -0.3 is 9.80 Å². The van der Waals surface area contributed by atoms with E-state index in [4.69, 9.17) is 0 Å². The number of rotatable bonds is 2. The zero-order valence-electron chi connectivity index (χ0n) is 15.1. The Morgan fingerprint density at radius 2 is 1.89 bits per heavy atom. The standard InChI is InChI=1S/C19H21FN6O/c1-14-13-24(18-21-11-16(20)12-22-18)9-10-25(14)19(27)26-17(7-8-23-26)15-5-3-2-4-6-15/h2-6,8,11-12,14,17H,7,9-10,13H2,1H3/t14-,17?/m1/s1. The minimum absolute atomic E-state index is 0.0351. The molecule has 3 heterocycles. The van der Waals surface area contributed by atoms with Gasteiger partial charge in [0.25, 0.3) is 0 Å². The fourth-order valence-electron chi connectivity index (χ4n) is 3.57. The van der Waals surface area contributed by atoms with Gasteiger partial charge in [-0.3, -0.25) is 0 Å². The Labute approximate surface area is 157 Å². The maximum Gasteiger partial charge on any atom is 0.341 e. The van der Waals surface area contributed by atoms with E-state index in [-0.39, 0.29) is 18.1 Å². The molecule has 27 heavy (non-hydrogen) atoms. The lowest BCUT2D eigenvalue weighted by atomic mass is 10.0. The number of amides is 2. The van der Waals surface area contributed by atoms with Crippen LogP contribution in [0.4, 0.5) is 15.1 Å². The first-order chi connectivity index (χ1) is 13.1. The van der Waals surface area contributed by atoms with Crippen LogP contribution in [-0.4, -0.2) is 57.8 Å². The third-order valence-electron chi connectivity index (χ3n) is 4.97. The Morgan fingerprint density at radius 1 is 1.15 bits per heavy atom. The summed E-state index contributed by atoms with van der Waals surface area (Å²) < 4.78 is 13.0. The molecule has 8 heteroatoms. The second-order valence-electron chi connectivity index (χ2n) is 6.78. The van der Waals surface area contributed by atoms with Crippen LogP contribution in [0.5, 0.6) is 0 Å². The molecule has 0 N–H and O–H groups in total. The second kappa shape index (κ2) is 7.30. The fourth-order valence-corrected chi connectivity index (χ4v) is 3.57. The third-order valence-corrected chi connectivity index (χ3v) is 4.97. The molecular formula is C19H21FN6O. The highest BCUT2D eigenvalue weighted by Crippen LogP contribution is 2.30. The Kier molecular flexibility index (Phi) is 4.70. The molecular weight excluding hydrogens is 347 g/mol. The molecule has 0 aliphatic carbocycles. The number of carbonyl (C=O) groups is 1. The Balaban J connectivity index is 1.45. The zero-order chi connectivity index (χ0) is 18.8. The molecule has 2 amide bonds. The predicted octanol–water partition coefficient (Wildman–Crippen LogP) is 2.68. The van der Waals surface area contributed by atoms with Crippen molar-refractivity contribution in [3.63, 3.8) is 0 Å². The molecule has 0 spiro atoms. The summed E-state index contributed by atoms with van der Waals surface area (Å²) in [6, 6.07) is 9.76. The maximum absolute atomic E-state index is 13.1. The van der Waals surface area contributed by atoms with Crippen LogP contribution in [0.3, 0.4) is 0 Å². The topological polar surface area (TPSA) is 64.9 Å². The van der Waals surface area contributed by atoms with Gasteiger partial charge in [0, 0.05) is 38.3 Å². The Bertz CT molecular complexity index is 828.